The fraction of sp³-hybridized carbons (Fsp3) is 0.105. The van der Waals surface area contributed by atoms with Crippen molar-refractivity contribution >= 4 is 22.9 Å². The molecule has 0 saturated heterocycles. The Morgan fingerprint density at radius 2 is 1.89 bits per heavy atom. The molecule has 1 aromatic heterocycles. The smallest absolute Gasteiger partial charge is 0.417 e. The molecule has 0 bridgehead atoms. The van der Waals surface area contributed by atoms with Crippen LogP contribution in [0.4, 0.5) is 13.2 Å². The van der Waals surface area contributed by atoms with Crippen LogP contribution in [-0.2, 0) is 17.5 Å². The number of carbonyl (C=O) groups is 1. The van der Waals surface area contributed by atoms with E-state index in [9.17, 15) is 27.9 Å². The van der Waals surface area contributed by atoms with Gasteiger partial charge in [-0.05, 0) is 22.9 Å². The summed E-state index contributed by atoms with van der Waals surface area (Å²) in [5.41, 5.74) is 0.716. The van der Waals surface area contributed by atoms with Gasteiger partial charge in [0.25, 0.3) is 11.5 Å². The molecule has 1 amide bonds. The normalized spacial score (nSPS) is 11.8. The van der Waals surface area contributed by atoms with E-state index in [1.54, 1.807) is 18.2 Å². The maximum absolute atomic E-state index is 12.7. The fourth-order valence-corrected chi connectivity index (χ4v) is 2.60. The lowest BCUT2D eigenvalue weighted by molar-refractivity contribution is -0.138. The van der Waals surface area contributed by atoms with Gasteiger partial charge in [-0.2, -0.15) is 18.3 Å². The molecule has 28 heavy (non-hydrogen) atoms. The van der Waals surface area contributed by atoms with Crippen LogP contribution in [0.15, 0.2) is 64.6 Å². The van der Waals surface area contributed by atoms with E-state index < -0.39 is 29.8 Å². The predicted octanol–water partition coefficient (Wildman–Crippen LogP) is 2.88. The third kappa shape index (κ3) is 4.20. The Morgan fingerprint density at radius 1 is 1.14 bits per heavy atom. The summed E-state index contributed by atoms with van der Waals surface area (Å²) in [6.07, 6.45) is -2.83. The number of hydrogen-bond donors (Lipinski definition) is 2. The van der Waals surface area contributed by atoms with E-state index in [-0.39, 0.29) is 5.75 Å². The molecule has 0 aliphatic heterocycles. The van der Waals surface area contributed by atoms with Gasteiger partial charge < -0.3 is 9.67 Å². The molecule has 3 rings (SSSR count). The molecule has 0 unspecified atom stereocenters. The number of fused-ring (bicyclic) bond motifs is 1. The number of halogens is 3. The van der Waals surface area contributed by atoms with Gasteiger partial charge in [0.05, 0.1) is 11.8 Å². The zero-order valence-electron chi connectivity index (χ0n) is 14.3. The number of benzene rings is 2. The van der Waals surface area contributed by atoms with E-state index in [1.807, 2.05) is 12.1 Å². The molecule has 144 valence electrons. The lowest BCUT2D eigenvalue weighted by Crippen LogP contribution is -2.30. The molecule has 0 atom stereocenters. The predicted molar refractivity (Wildman–Crippen MR) is 97.1 cm³/mol. The minimum atomic E-state index is -4.63. The highest BCUT2D eigenvalue weighted by atomic mass is 19.4. The van der Waals surface area contributed by atoms with Crippen molar-refractivity contribution in [2.24, 2.45) is 5.10 Å². The summed E-state index contributed by atoms with van der Waals surface area (Å²) >= 11 is 0. The fourth-order valence-electron chi connectivity index (χ4n) is 2.60. The molecule has 9 heteroatoms. The van der Waals surface area contributed by atoms with Gasteiger partial charge in [0.2, 0.25) is 0 Å². The van der Waals surface area contributed by atoms with Crippen molar-refractivity contribution in [2.75, 3.05) is 0 Å². The summed E-state index contributed by atoms with van der Waals surface area (Å²) in [5, 5.41) is 15.3. The number of nitrogens with one attached hydrogen (secondary N) is 1. The van der Waals surface area contributed by atoms with Crippen LogP contribution in [0.25, 0.3) is 10.8 Å². The number of alkyl halides is 3. The Hall–Kier alpha value is -3.62. The lowest BCUT2D eigenvalue weighted by atomic mass is 10.0. The van der Waals surface area contributed by atoms with Crippen LogP contribution in [0.5, 0.6) is 5.75 Å². The first-order chi connectivity index (χ1) is 13.3. The molecule has 0 aliphatic carbocycles. The number of nitrogens with zero attached hydrogens (tertiary/aromatic N) is 2. The van der Waals surface area contributed by atoms with Gasteiger partial charge in [-0.15, -0.1) is 0 Å². The number of phenolic OH excluding ortho intramolecular Hbond substituents is 1. The van der Waals surface area contributed by atoms with Gasteiger partial charge in [-0.25, -0.2) is 5.43 Å². The minimum absolute atomic E-state index is 0.0502. The van der Waals surface area contributed by atoms with Crippen molar-refractivity contribution < 1.29 is 23.1 Å². The first-order valence-electron chi connectivity index (χ1n) is 8.06. The summed E-state index contributed by atoms with van der Waals surface area (Å²) in [7, 11) is 0. The summed E-state index contributed by atoms with van der Waals surface area (Å²) in [4.78, 5) is 23.6. The van der Waals surface area contributed by atoms with Gasteiger partial charge >= 0.3 is 6.18 Å². The highest BCUT2D eigenvalue weighted by molar-refractivity contribution is 6.02. The molecule has 2 N–H and O–H groups in total. The second-order valence-corrected chi connectivity index (χ2v) is 5.89. The summed E-state index contributed by atoms with van der Waals surface area (Å²) < 4.78 is 38.8. The Morgan fingerprint density at radius 3 is 2.64 bits per heavy atom. The van der Waals surface area contributed by atoms with E-state index in [2.05, 4.69) is 10.5 Å². The Bertz CT molecular complexity index is 1120. The van der Waals surface area contributed by atoms with Crippen molar-refractivity contribution in [3.8, 4) is 5.75 Å². The van der Waals surface area contributed by atoms with Crippen molar-refractivity contribution in [2.45, 2.75) is 12.7 Å². The number of carbonyl (C=O) groups excluding carboxylic acids is 1. The number of hydrazone groups is 1. The average molecular weight is 389 g/mol. The van der Waals surface area contributed by atoms with E-state index in [0.717, 1.165) is 11.5 Å². The number of phenols is 1. The molecule has 2 aromatic carbocycles. The van der Waals surface area contributed by atoms with Crippen molar-refractivity contribution in [1.29, 1.82) is 0 Å². The molecular weight excluding hydrogens is 375 g/mol. The quantitative estimate of drug-likeness (QED) is 0.532. The van der Waals surface area contributed by atoms with Crippen LogP contribution >= 0.6 is 0 Å². The first-order valence-corrected chi connectivity index (χ1v) is 8.06. The second-order valence-electron chi connectivity index (χ2n) is 5.89. The topological polar surface area (TPSA) is 83.7 Å². The van der Waals surface area contributed by atoms with Gasteiger partial charge in [-0.3, -0.25) is 9.59 Å². The molecule has 0 saturated carbocycles. The Labute approximate surface area is 156 Å². The zero-order valence-corrected chi connectivity index (χ0v) is 14.3. The maximum Gasteiger partial charge on any atom is 0.417 e. The van der Waals surface area contributed by atoms with Crippen molar-refractivity contribution in [3.05, 3.63) is 76.2 Å². The third-order valence-corrected chi connectivity index (χ3v) is 3.96. The van der Waals surface area contributed by atoms with Crippen LogP contribution in [0.1, 0.15) is 11.1 Å². The minimum Gasteiger partial charge on any atom is -0.507 e. The van der Waals surface area contributed by atoms with E-state index in [0.29, 0.717) is 27.8 Å². The lowest BCUT2D eigenvalue weighted by Gasteiger charge is -2.10. The van der Waals surface area contributed by atoms with Crippen LogP contribution < -0.4 is 11.0 Å². The molecule has 3 aromatic rings. The van der Waals surface area contributed by atoms with Gasteiger partial charge in [0.1, 0.15) is 12.3 Å². The highest BCUT2D eigenvalue weighted by Gasteiger charge is 2.31. The Kier molecular flexibility index (Phi) is 5.16. The first kappa shape index (κ1) is 19.2. The van der Waals surface area contributed by atoms with Crippen molar-refractivity contribution in [3.63, 3.8) is 0 Å². The molecule has 0 spiro atoms. The van der Waals surface area contributed by atoms with Crippen LogP contribution in [0.2, 0.25) is 0 Å². The summed E-state index contributed by atoms with van der Waals surface area (Å²) in [6.45, 7) is -0.637. The number of hydrogen-bond acceptors (Lipinski definition) is 4. The number of pyridine rings is 1. The molecular formula is C19H14F3N3O3. The van der Waals surface area contributed by atoms with Gasteiger partial charge in [0, 0.05) is 17.8 Å². The summed E-state index contributed by atoms with van der Waals surface area (Å²) in [5.74, 6) is -0.844. The number of rotatable bonds is 4. The Balaban J connectivity index is 1.75. The zero-order chi connectivity index (χ0) is 20.3. The molecule has 1 heterocycles. The number of amides is 1. The van der Waals surface area contributed by atoms with Crippen LogP contribution in [-0.4, -0.2) is 21.8 Å². The molecule has 0 fully saturated rings. The molecule has 0 aliphatic rings. The standard InChI is InChI=1S/C19H14F3N3O3/c20-19(21,22)13-6-8-18(28)25(10-13)11-17(27)24-23-9-15-14-4-2-1-3-12(14)5-7-16(15)26/h1-10,26H,11H2,(H,24,27)/b23-9-. The maximum atomic E-state index is 12.7. The van der Waals surface area contributed by atoms with Gasteiger partial charge in [0.15, 0.2) is 0 Å². The van der Waals surface area contributed by atoms with Gasteiger partial charge in [-0.1, -0.05) is 30.3 Å². The number of aromatic nitrogens is 1. The monoisotopic (exact) mass is 389 g/mol. The third-order valence-electron chi connectivity index (χ3n) is 3.96. The number of aromatic hydroxyl groups is 1. The highest BCUT2D eigenvalue weighted by Crippen LogP contribution is 2.28. The average Bonchev–Trinajstić information content (AvgIpc) is 2.64. The van der Waals surface area contributed by atoms with E-state index in [4.69, 9.17) is 0 Å². The SMILES string of the molecule is O=C(Cn1cc(C(F)(F)F)ccc1=O)N/N=C\c1c(O)ccc2ccccc12. The van der Waals surface area contributed by atoms with E-state index in [1.165, 1.54) is 12.3 Å². The van der Waals surface area contributed by atoms with E-state index >= 15 is 0 Å². The molecule has 0 radical (unpaired) electrons. The van der Waals surface area contributed by atoms with Crippen LogP contribution in [0, 0.1) is 0 Å². The van der Waals surface area contributed by atoms with Crippen molar-refractivity contribution in [1.82, 2.24) is 9.99 Å². The van der Waals surface area contributed by atoms with Crippen LogP contribution in [0.3, 0.4) is 0 Å². The largest absolute Gasteiger partial charge is 0.507 e. The summed E-state index contributed by atoms with van der Waals surface area (Å²) in [6, 6.07) is 11.8. The molecule has 6 nitrogen and oxygen atoms in total. The second kappa shape index (κ2) is 7.55.